The van der Waals surface area contributed by atoms with Gasteiger partial charge in [-0.25, -0.2) is 13.2 Å². The Hall–Kier alpha value is -3.39. The van der Waals surface area contributed by atoms with E-state index in [0.717, 1.165) is 5.56 Å². The van der Waals surface area contributed by atoms with Crippen molar-refractivity contribution in [2.24, 2.45) is 0 Å². The molecule has 0 spiro atoms. The van der Waals surface area contributed by atoms with Crippen LogP contribution in [0.3, 0.4) is 0 Å². The van der Waals surface area contributed by atoms with Crippen LogP contribution in [0.2, 0.25) is 0 Å². The highest BCUT2D eigenvalue weighted by atomic mass is 32.2. The predicted molar refractivity (Wildman–Crippen MR) is 103 cm³/mol. The number of nitrogens with zero attached hydrogens (tertiary/aromatic N) is 1. The third kappa shape index (κ3) is 3.96. The Morgan fingerprint density at radius 3 is 2.46 bits per heavy atom. The molecule has 1 aromatic heterocycles. The third-order valence-electron chi connectivity index (χ3n) is 4.09. The van der Waals surface area contributed by atoms with E-state index in [1.165, 1.54) is 43.5 Å². The van der Waals surface area contributed by atoms with Gasteiger partial charge in [-0.2, -0.15) is 0 Å². The summed E-state index contributed by atoms with van der Waals surface area (Å²) >= 11 is 0. The fraction of sp³-hybridized carbons (Fsp3) is 0.100. The molecule has 28 heavy (non-hydrogen) atoms. The number of nitrogens with one attached hydrogen (secondary N) is 1. The number of rotatable bonds is 7. The summed E-state index contributed by atoms with van der Waals surface area (Å²) in [5.74, 6) is -0.822. The number of hydrogen-bond donors (Lipinski definition) is 2. The van der Waals surface area contributed by atoms with Gasteiger partial charge < -0.3 is 15.2 Å². The number of sulfone groups is 1. The molecule has 8 heteroatoms. The van der Waals surface area contributed by atoms with Crippen molar-refractivity contribution >= 4 is 21.5 Å². The first kappa shape index (κ1) is 19.4. The molecule has 2 N–H and O–H groups in total. The lowest BCUT2D eigenvalue weighted by Gasteiger charge is -2.15. The molecule has 0 radical (unpaired) electrons. The maximum Gasteiger partial charge on any atom is 0.337 e. The van der Waals surface area contributed by atoms with Crippen molar-refractivity contribution in [3.8, 4) is 5.75 Å². The maximum atomic E-state index is 13.2. The van der Waals surface area contributed by atoms with Gasteiger partial charge in [-0.1, -0.05) is 12.1 Å². The summed E-state index contributed by atoms with van der Waals surface area (Å²) in [5.41, 5.74) is 0.739. The molecule has 3 rings (SSSR count). The SMILES string of the molecule is COc1ccc(S(=O)(=O)c2c(NCc3cccnc3)cccc2C(=O)O)cc1. The van der Waals surface area contributed by atoms with Crippen LogP contribution in [0.1, 0.15) is 15.9 Å². The molecule has 0 aliphatic carbocycles. The van der Waals surface area contributed by atoms with Crippen LogP contribution in [-0.4, -0.2) is 31.6 Å². The minimum absolute atomic E-state index is 0.0218. The van der Waals surface area contributed by atoms with Gasteiger partial charge >= 0.3 is 5.97 Å². The molecule has 0 unspecified atom stereocenters. The van der Waals surface area contributed by atoms with Gasteiger partial charge in [0.25, 0.3) is 0 Å². The molecule has 0 saturated carbocycles. The van der Waals surface area contributed by atoms with Crippen LogP contribution in [0.15, 0.2) is 76.8 Å². The van der Waals surface area contributed by atoms with E-state index >= 15 is 0 Å². The van der Waals surface area contributed by atoms with Crippen molar-refractivity contribution in [1.82, 2.24) is 4.98 Å². The second-order valence-electron chi connectivity index (χ2n) is 5.88. The average Bonchev–Trinajstić information content (AvgIpc) is 2.72. The molecule has 0 fully saturated rings. The number of methoxy groups -OCH3 is 1. The Labute approximate surface area is 162 Å². The first-order chi connectivity index (χ1) is 13.4. The molecule has 0 aliphatic heterocycles. The van der Waals surface area contributed by atoms with E-state index in [0.29, 0.717) is 12.3 Å². The second kappa shape index (κ2) is 8.10. The highest BCUT2D eigenvalue weighted by Gasteiger charge is 2.28. The van der Waals surface area contributed by atoms with Crippen molar-refractivity contribution < 1.29 is 23.1 Å². The minimum atomic E-state index is -4.09. The number of aromatic carboxylic acids is 1. The van der Waals surface area contributed by atoms with Crippen molar-refractivity contribution in [2.45, 2.75) is 16.3 Å². The van der Waals surface area contributed by atoms with Crippen molar-refractivity contribution in [3.05, 3.63) is 78.1 Å². The number of carbonyl (C=O) groups is 1. The van der Waals surface area contributed by atoms with Gasteiger partial charge in [0.15, 0.2) is 0 Å². The lowest BCUT2D eigenvalue weighted by molar-refractivity contribution is 0.0692. The summed E-state index contributed by atoms with van der Waals surface area (Å²) in [7, 11) is -2.61. The number of benzene rings is 2. The quantitative estimate of drug-likeness (QED) is 0.629. The Kier molecular flexibility index (Phi) is 5.60. The number of anilines is 1. The summed E-state index contributed by atoms with van der Waals surface area (Å²) in [4.78, 5) is 15.4. The largest absolute Gasteiger partial charge is 0.497 e. The van der Waals surface area contributed by atoms with Gasteiger partial charge in [-0.3, -0.25) is 4.98 Å². The monoisotopic (exact) mass is 398 g/mol. The molecule has 2 aromatic carbocycles. The zero-order valence-corrected chi connectivity index (χ0v) is 15.8. The summed E-state index contributed by atoms with van der Waals surface area (Å²) in [6, 6.07) is 13.7. The van der Waals surface area contributed by atoms with E-state index in [2.05, 4.69) is 10.3 Å². The molecule has 0 amide bonds. The maximum absolute atomic E-state index is 13.2. The zero-order chi connectivity index (χ0) is 20.1. The Morgan fingerprint density at radius 1 is 1.11 bits per heavy atom. The van der Waals surface area contributed by atoms with Gasteiger partial charge in [-0.15, -0.1) is 0 Å². The van der Waals surface area contributed by atoms with Gasteiger partial charge in [0, 0.05) is 18.9 Å². The average molecular weight is 398 g/mol. The highest BCUT2D eigenvalue weighted by molar-refractivity contribution is 7.91. The summed E-state index contributed by atoms with van der Waals surface area (Å²) < 4.78 is 31.5. The van der Waals surface area contributed by atoms with Crippen molar-refractivity contribution in [1.29, 1.82) is 0 Å². The number of hydrogen-bond acceptors (Lipinski definition) is 6. The Balaban J connectivity index is 2.07. The van der Waals surface area contributed by atoms with Crippen LogP contribution in [0, 0.1) is 0 Å². The first-order valence-corrected chi connectivity index (χ1v) is 9.80. The van der Waals surface area contributed by atoms with Crippen LogP contribution in [0.25, 0.3) is 0 Å². The van der Waals surface area contributed by atoms with E-state index in [4.69, 9.17) is 4.74 Å². The molecule has 0 bridgehead atoms. The molecule has 0 saturated heterocycles. The van der Waals surface area contributed by atoms with E-state index in [9.17, 15) is 18.3 Å². The van der Waals surface area contributed by atoms with E-state index in [1.807, 2.05) is 6.07 Å². The first-order valence-electron chi connectivity index (χ1n) is 8.31. The normalized spacial score (nSPS) is 11.0. The van der Waals surface area contributed by atoms with Crippen LogP contribution < -0.4 is 10.1 Å². The summed E-state index contributed by atoms with van der Waals surface area (Å²) in [6.07, 6.45) is 3.28. The van der Waals surface area contributed by atoms with Crippen LogP contribution in [0.5, 0.6) is 5.75 Å². The minimum Gasteiger partial charge on any atom is -0.497 e. The lowest BCUT2D eigenvalue weighted by atomic mass is 10.2. The number of ether oxygens (including phenoxy) is 1. The Bertz CT molecular complexity index is 1080. The molecule has 1 heterocycles. The fourth-order valence-electron chi connectivity index (χ4n) is 2.71. The molecule has 3 aromatic rings. The fourth-order valence-corrected chi connectivity index (χ4v) is 4.31. The standard InChI is InChI=1S/C20H18N2O5S/c1-27-15-7-9-16(10-8-15)28(25,26)19-17(20(23)24)5-2-6-18(19)22-13-14-4-3-11-21-12-14/h2-12,22H,13H2,1H3,(H,23,24). The van der Waals surface area contributed by atoms with E-state index in [-0.39, 0.29) is 21.0 Å². The molecule has 7 nitrogen and oxygen atoms in total. The van der Waals surface area contributed by atoms with Gasteiger partial charge in [0.2, 0.25) is 9.84 Å². The van der Waals surface area contributed by atoms with Gasteiger partial charge in [0.1, 0.15) is 10.6 Å². The lowest BCUT2D eigenvalue weighted by Crippen LogP contribution is -2.13. The molecule has 0 aliphatic rings. The number of carboxylic acid groups (broad SMARTS) is 1. The molecular weight excluding hydrogens is 380 g/mol. The van der Waals surface area contributed by atoms with Crippen LogP contribution in [-0.2, 0) is 16.4 Å². The Morgan fingerprint density at radius 2 is 1.86 bits per heavy atom. The van der Waals surface area contributed by atoms with Crippen molar-refractivity contribution in [2.75, 3.05) is 12.4 Å². The topological polar surface area (TPSA) is 106 Å². The molecule has 144 valence electrons. The van der Waals surface area contributed by atoms with Crippen LogP contribution in [0.4, 0.5) is 5.69 Å². The zero-order valence-electron chi connectivity index (χ0n) is 15.0. The number of carboxylic acids is 1. The number of pyridine rings is 1. The number of aromatic nitrogens is 1. The summed E-state index contributed by atoms with van der Waals surface area (Å²) in [6.45, 7) is 0.294. The third-order valence-corrected chi connectivity index (χ3v) is 5.96. The molecular formula is C20H18N2O5S. The van der Waals surface area contributed by atoms with E-state index < -0.39 is 15.8 Å². The smallest absolute Gasteiger partial charge is 0.337 e. The highest BCUT2D eigenvalue weighted by Crippen LogP contribution is 2.32. The molecule has 0 atom stereocenters. The van der Waals surface area contributed by atoms with E-state index in [1.54, 1.807) is 24.5 Å². The second-order valence-corrected chi connectivity index (χ2v) is 7.77. The van der Waals surface area contributed by atoms with Gasteiger partial charge in [-0.05, 0) is 48.0 Å². The summed E-state index contributed by atoms with van der Waals surface area (Å²) in [5, 5.41) is 12.6. The van der Waals surface area contributed by atoms with Crippen molar-refractivity contribution in [3.63, 3.8) is 0 Å². The van der Waals surface area contributed by atoms with Crippen LogP contribution >= 0.6 is 0 Å². The van der Waals surface area contributed by atoms with Gasteiger partial charge in [0.05, 0.1) is 23.3 Å². The predicted octanol–water partition coefficient (Wildman–Crippen LogP) is 3.23.